The lowest BCUT2D eigenvalue weighted by atomic mass is 9.69. The maximum Gasteiger partial charge on any atom is 0.407 e. The third kappa shape index (κ3) is 3.08. The van der Waals surface area contributed by atoms with Crippen LogP contribution in [-0.4, -0.2) is 53.2 Å². The largest absolute Gasteiger partial charge is 0.479 e. The van der Waals surface area contributed by atoms with Crippen molar-refractivity contribution in [3.8, 4) is 0 Å². The minimum absolute atomic E-state index is 0.000181. The second kappa shape index (κ2) is 6.61. The van der Waals surface area contributed by atoms with Crippen LogP contribution in [0.1, 0.15) is 52.9 Å². The first-order chi connectivity index (χ1) is 11.1. The minimum atomic E-state index is -1.13. The molecule has 1 aliphatic carbocycles. The molecular formula is C17H28N2O5. The number of ether oxygens (including phenoxy) is 1. The van der Waals surface area contributed by atoms with Crippen LogP contribution < -0.4 is 5.32 Å². The lowest BCUT2D eigenvalue weighted by Gasteiger charge is -2.47. The number of hydrogen-bond donors (Lipinski definition) is 2. The van der Waals surface area contributed by atoms with E-state index in [0.29, 0.717) is 19.4 Å². The van der Waals surface area contributed by atoms with Crippen molar-refractivity contribution in [2.24, 2.45) is 11.3 Å². The lowest BCUT2D eigenvalue weighted by molar-refractivity contribution is -0.165. The predicted molar refractivity (Wildman–Crippen MR) is 87.4 cm³/mol. The van der Waals surface area contributed by atoms with Crippen LogP contribution in [0.2, 0.25) is 0 Å². The normalized spacial score (nSPS) is 25.8. The zero-order valence-corrected chi connectivity index (χ0v) is 14.9. The quantitative estimate of drug-likeness (QED) is 0.816. The molecule has 2 atom stereocenters. The van der Waals surface area contributed by atoms with Crippen molar-refractivity contribution in [2.75, 3.05) is 13.7 Å². The highest BCUT2D eigenvalue weighted by Gasteiger charge is 2.57. The van der Waals surface area contributed by atoms with Crippen LogP contribution in [0.4, 0.5) is 4.79 Å². The molecule has 136 valence electrons. The molecule has 1 saturated heterocycles. The van der Waals surface area contributed by atoms with Crippen LogP contribution in [0.25, 0.3) is 0 Å². The van der Waals surface area contributed by atoms with Crippen LogP contribution in [-0.2, 0) is 14.3 Å². The van der Waals surface area contributed by atoms with Crippen molar-refractivity contribution in [3.63, 3.8) is 0 Å². The van der Waals surface area contributed by atoms with E-state index in [2.05, 4.69) is 10.1 Å². The fraction of sp³-hybridized carbons (Fsp3) is 0.824. The Morgan fingerprint density at radius 2 is 1.88 bits per heavy atom. The first-order valence-corrected chi connectivity index (χ1v) is 8.54. The van der Waals surface area contributed by atoms with Gasteiger partial charge in [0.15, 0.2) is 0 Å². The summed E-state index contributed by atoms with van der Waals surface area (Å²) in [6, 6.07) is -0.832. The molecule has 0 aromatic rings. The topological polar surface area (TPSA) is 95.9 Å². The van der Waals surface area contributed by atoms with Crippen molar-refractivity contribution in [3.05, 3.63) is 0 Å². The SMILES string of the molecule is COC(=O)NC(C(=O)N1CCCC1(C(=O)O)C1CCC1)C(C)(C)C. The van der Waals surface area contributed by atoms with Gasteiger partial charge in [-0.05, 0) is 37.0 Å². The van der Waals surface area contributed by atoms with E-state index >= 15 is 0 Å². The van der Waals surface area contributed by atoms with Crippen molar-refractivity contribution < 1.29 is 24.2 Å². The predicted octanol–water partition coefficient (Wildman–Crippen LogP) is 2.00. The van der Waals surface area contributed by atoms with Gasteiger partial charge in [0, 0.05) is 6.54 Å². The molecule has 2 fully saturated rings. The third-order valence-electron chi connectivity index (χ3n) is 5.40. The molecule has 24 heavy (non-hydrogen) atoms. The Hall–Kier alpha value is -1.79. The van der Waals surface area contributed by atoms with Crippen LogP contribution >= 0.6 is 0 Å². The highest BCUT2D eigenvalue weighted by molar-refractivity contribution is 5.92. The summed E-state index contributed by atoms with van der Waals surface area (Å²) < 4.78 is 4.63. The summed E-state index contributed by atoms with van der Waals surface area (Å²) in [5.41, 5.74) is -1.69. The van der Waals surface area contributed by atoms with Gasteiger partial charge < -0.3 is 20.1 Å². The Bertz CT molecular complexity index is 524. The molecule has 2 amide bonds. The monoisotopic (exact) mass is 340 g/mol. The van der Waals surface area contributed by atoms with Gasteiger partial charge >= 0.3 is 12.1 Å². The van der Waals surface area contributed by atoms with Gasteiger partial charge in [0.25, 0.3) is 0 Å². The highest BCUT2D eigenvalue weighted by Crippen LogP contribution is 2.46. The summed E-state index contributed by atoms with van der Waals surface area (Å²) in [7, 11) is 1.24. The molecule has 2 rings (SSSR count). The number of aliphatic carboxylic acids is 1. The number of alkyl carbamates (subject to hydrolysis) is 1. The number of carbonyl (C=O) groups is 3. The molecule has 0 aromatic heterocycles. The molecule has 2 unspecified atom stereocenters. The Morgan fingerprint density at radius 3 is 2.29 bits per heavy atom. The van der Waals surface area contributed by atoms with Gasteiger partial charge in [-0.2, -0.15) is 0 Å². The van der Waals surface area contributed by atoms with Gasteiger partial charge in [-0.1, -0.05) is 27.2 Å². The number of nitrogens with zero attached hydrogens (tertiary/aromatic N) is 1. The molecule has 0 spiro atoms. The molecule has 0 aromatic carbocycles. The number of amides is 2. The number of methoxy groups -OCH3 is 1. The Labute approximate surface area is 142 Å². The summed E-state index contributed by atoms with van der Waals surface area (Å²) in [4.78, 5) is 38.5. The van der Waals surface area contributed by atoms with E-state index in [0.717, 1.165) is 19.3 Å². The molecule has 1 heterocycles. The number of likely N-dealkylation sites (tertiary alicyclic amines) is 1. The Balaban J connectivity index is 2.33. The first kappa shape index (κ1) is 18.5. The number of carboxylic acids is 1. The van der Waals surface area contributed by atoms with Crippen molar-refractivity contribution >= 4 is 18.0 Å². The van der Waals surface area contributed by atoms with Gasteiger partial charge in [0.1, 0.15) is 11.6 Å². The van der Waals surface area contributed by atoms with E-state index in [1.54, 1.807) is 0 Å². The van der Waals surface area contributed by atoms with E-state index in [1.165, 1.54) is 12.0 Å². The third-order valence-corrected chi connectivity index (χ3v) is 5.40. The average molecular weight is 340 g/mol. The maximum absolute atomic E-state index is 13.2. The lowest BCUT2D eigenvalue weighted by Crippen LogP contribution is -2.64. The Morgan fingerprint density at radius 1 is 1.25 bits per heavy atom. The van der Waals surface area contributed by atoms with Crippen LogP contribution in [0.5, 0.6) is 0 Å². The molecular weight excluding hydrogens is 312 g/mol. The average Bonchev–Trinajstić information content (AvgIpc) is 2.86. The fourth-order valence-electron chi connectivity index (χ4n) is 3.84. The summed E-state index contributed by atoms with van der Waals surface area (Å²) in [5.74, 6) is -1.26. The standard InChI is InChI=1S/C17H28N2O5/c1-16(2,3)12(18-15(23)24-4)13(20)19-10-6-9-17(19,14(21)22)11-7-5-8-11/h11-12H,5-10H2,1-4H3,(H,18,23)(H,21,22). The van der Waals surface area contributed by atoms with E-state index in [4.69, 9.17) is 0 Å². The van der Waals surface area contributed by atoms with E-state index < -0.39 is 29.1 Å². The minimum Gasteiger partial charge on any atom is -0.479 e. The van der Waals surface area contributed by atoms with Crippen LogP contribution in [0.15, 0.2) is 0 Å². The number of carboxylic acid groups (broad SMARTS) is 1. The summed E-state index contributed by atoms with van der Waals surface area (Å²) >= 11 is 0. The molecule has 7 heteroatoms. The molecule has 1 saturated carbocycles. The number of carbonyl (C=O) groups excluding carboxylic acids is 2. The van der Waals surface area contributed by atoms with Gasteiger partial charge in [0.05, 0.1) is 7.11 Å². The highest BCUT2D eigenvalue weighted by atomic mass is 16.5. The Kier molecular flexibility index (Phi) is 5.11. The van der Waals surface area contributed by atoms with Gasteiger partial charge in [-0.15, -0.1) is 0 Å². The van der Waals surface area contributed by atoms with Crippen molar-refractivity contribution in [2.45, 2.75) is 64.5 Å². The molecule has 1 aliphatic heterocycles. The molecule has 7 nitrogen and oxygen atoms in total. The number of nitrogens with one attached hydrogen (secondary N) is 1. The second-order valence-corrected chi connectivity index (χ2v) is 7.89. The molecule has 2 aliphatic rings. The zero-order valence-electron chi connectivity index (χ0n) is 14.9. The van der Waals surface area contributed by atoms with Crippen LogP contribution in [0, 0.1) is 11.3 Å². The van der Waals surface area contributed by atoms with E-state index in [1.807, 2.05) is 20.8 Å². The maximum atomic E-state index is 13.2. The van der Waals surface area contributed by atoms with Crippen molar-refractivity contribution in [1.82, 2.24) is 10.2 Å². The van der Waals surface area contributed by atoms with E-state index in [9.17, 15) is 19.5 Å². The van der Waals surface area contributed by atoms with Crippen molar-refractivity contribution in [1.29, 1.82) is 0 Å². The smallest absolute Gasteiger partial charge is 0.407 e. The number of hydrogen-bond acceptors (Lipinski definition) is 4. The summed E-state index contributed by atoms with van der Waals surface area (Å²) in [6.07, 6.45) is 3.14. The summed E-state index contributed by atoms with van der Waals surface area (Å²) in [5, 5.41) is 12.5. The molecule has 0 radical (unpaired) electrons. The van der Waals surface area contributed by atoms with E-state index in [-0.39, 0.29) is 11.8 Å². The second-order valence-electron chi connectivity index (χ2n) is 7.89. The zero-order chi connectivity index (χ0) is 18.1. The molecule has 2 N–H and O–H groups in total. The van der Waals surface area contributed by atoms with Gasteiger partial charge in [-0.3, -0.25) is 4.79 Å². The molecule has 0 bridgehead atoms. The van der Waals surface area contributed by atoms with Gasteiger partial charge in [-0.25, -0.2) is 9.59 Å². The summed E-state index contributed by atoms with van der Waals surface area (Å²) in [6.45, 7) is 5.94. The van der Waals surface area contributed by atoms with Gasteiger partial charge in [0.2, 0.25) is 5.91 Å². The first-order valence-electron chi connectivity index (χ1n) is 8.54. The number of rotatable bonds is 4. The van der Waals surface area contributed by atoms with Crippen LogP contribution in [0.3, 0.4) is 0 Å². The fourth-order valence-corrected chi connectivity index (χ4v) is 3.84.